The molecule has 0 spiro atoms. The molecule has 2 aliphatic heterocycles. The summed E-state index contributed by atoms with van der Waals surface area (Å²) < 4.78 is 13.1. The van der Waals surface area contributed by atoms with Gasteiger partial charge in [-0.25, -0.2) is 4.39 Å². The molecule has 0 radical (unpaired) electrons. The first-order valence-corrected chi connectivity index (χ1v) is 8.45. The predicted octanol–water partition coefficient (Wildman–Crippen LogP) is 3.88. The third-order valence-electron chi connectivity index (χ3n) is 5.27. The number of benzene rings is 1. The fourth-order valence-corrected chi connectivity index (χ4v) is 4.27. The minimum atomic E-state index is -0.142. The van der Waals surface area contributed by atoms with E-state index in [1.54, 1.807) is 12.1 Å². The van der Waals surface area contributed by atoms with Crippen molar-refractivity contribution in [2.75, 3.05) is 6.54 Å². The summed E-state index contributed by atoms with van der Waals surface area (Å²) in [6.07, 6.45) is 6.38. The van der Waals surface area contributed by atoms with Crippen molar-refractivity contribution in [2.45, 2.75) is 70.1 Å². The molecule has 2 saturated heterocycles. The highest BCUT2D eigenvalue weighted by Crippen LogP contribution is 2.41. The van der Waals surface area contributed by atoms with E-state index in [4.69, 9.17) is 0 Å². The second-order valence-electron chi connectivity index (χ2n) is 6.68. The van der Waals surface area contributed by atoms with Crippen LogP contribution in [0.1, 0.15) is 57.6 Å². The highest BCUT2D eigenvalue weighted by Gasteiger charge is 2.42. The lowest BCUT2D eigenvalue weighted by Gasteiger charge is -2.43. The number of fused-ring (bicyclic) bond motifs is 2. The van der Waals surface area contributed by atoms with Gasteiger partial charge in [-0.05, 0) is 63.3 Å². The Morgan fingerprint density at radius 2 is 1.81 bits per heavy atom. The molecule has 2 nitrogen and oxygen atoms in total. The summed E-state index contributed by atoms with van der Waals surface area (Å²) >= 11 is 0. The molecule has 3 atom stereocenters. The van der Waals surface area contributed by atoms with Gasteiger partial charge in [-0.2, -0.15) is 0 Å². The van der Waals surface area contributed by atoms with Crippen LogP contribution >= 0.6 is 0 Å². The number of hydrogen-bond donors (Lipinski definition) is 1. The van der Waals surface area contributed by atoms with Gasteiger partial charge in [0.25, 0.3) is 0 Å². The molecule has 1 aromatic rings. The molecular weight excluding hydrogens is 263 g/mol. The van der Waals surface area contributed by atoms with Crippen molar-refractivity contribution in [1.29, 1.82) is 0 Å². The molecule has 1 aromatic carbocycles. The van der Waals surface area contributed by atoms with E-state index in [0.717, 1.165) is 6.54 Å². The molecule has 1 N–H and O–H groups in total. The van der Waals surface area contributed by atoms with Crippen LogP contribution in [-0.2, 0) is 0 Å². The van der Waals surface area contributed by atoms with E-state index in [2.05, 4.69) is 24.1 Å². The van der Waals surface area contributed by atoms with Crippen molar-refractivity contribution in [3.63, 3.8) is 0 Å². The zero-order valence-corrected chi connectivity index (χ0v) is 13.2. The summed E-state index contributed by atoms with van der Waals surface area (Å²) in [7, 11) is 0. The summed E-state index contributed by atoms with van der Waals surface area (Å²) in [5.74, 6) is -0.142. The number of halogens is 1. The molecule has 0 aliphatic carbocycles. The second kappa shape index (κ2) is 6.45. The van der Waals surface area contributed by atoms with E-state index in [9.17, 15) is 4.39 Å². The van der Waals surface area contributed by atoms with Crippen molar-refractivity contribution in [3.05, 3.63) is 35.6 Å². The lowest BCUT2D eigenvalue weighted by atomic mass is 9.93. The van der Waals surface area contributed by atoms with Gasteiger partial charge >= 0.3 is 0 Å². The van der Waals surface area contributed by atoms with Crippen LogP contribution in [-0.4, -0.2) is 29.6 Å². The van der Waals surface area contributed by atoms with Gasteiger partial charge in [0.15, 0.2) is 0 Å². The highest BCUT2D eigenvalue weighted by molar-refractivity contribution is 5.21. The first-order valence-electron chi connectivity index (χ1n) is 8.45. The van der Waals surface area contributed by atoms with Crippen LogP contribution in [0.5, 0.6) is 0 Å². The number of nitrogens with one attached hydrogen (secondary N) is 1. The van der Waals surface area contributed by atoms with Crippen molar-refractivity contribution >= 4 is 0 Å². The minimum absolute atomic E-state index is 0.142. The van der Waals surface area contributed by atoms with Crippen LogP contribution in [0.25, 0.3) is 0 Å². The molecule has 2 aliphatic rings. The van der Waals surface area contributed by atoms with E-state index in [0.29, 0.717) is 24.2 Å². The van der Waals surface area contributed by atoms with Crippen molar-refractivity contribution < 1.29 is 4.39 Å². The monoisotopic (exact) mass is 290 g/mol. The number of nitrogens with zero attached hydrogens (tertiary/aromatic N) is 1. The van der Waals surface area contributed by atoms with Crippen molar-refractivity contribution in [3.8, 4) is 0 Å². The Kier molecular flexibility index (Phi) is 4.60. The Hall–Kier alpha value is -0.930. The largest absolute Gasteiger partial charge is 0.314 e. The zero-order chi connectivity index (χ0) is 14.8. The molecule has 21 heavy (non-hydrogen) atoms. The Morgan fingerprint density at radius 1 is 1.19 bits per heavy atom. The minimum Gasteiger partial charge on any atom is -0.314 e. The molecule has 116 valence electrons. The topological polar surface area (TPSA) is 15.3 Å². The quantitative estimate of drug-likeness (QED) is 0.885. The second-order valence-corrected chi connectivity index (χ2v) is 6.68. The lowest BCUT2D eigenvalue weighted by molar-refractivity contribution is 0.0771. The zero-order valence-electron chi connectivity index (χ0n) is 13.2. The molecular formula is C18H27FN2. The standard InChI is InChI=1S/C18H27FN2/c1-3-10-20-16-11-17-8-9-18(12-16)21(17)13(2)14-4-6-15(19)7-5-14/h4-7,13,16-18,20H,3,8-12H2,1-2H3. The SMILES string of the molecule is CCCNC1CC2CCC(C1)N2C(C)c1ccc(F)cc1. The van der Waals surface area contributed by atoms with Crippen LogP contribution in [0.4, 0.5) is 4.39 Å². The Balaban J connectivity index is 1.68. The Labute approximate surface area is 127 Å². The number of rotatable bonds is 5. The summed E-state index contributed by atoms with van der Waals surface area (Å²) in [5.41, 5.74) is 1.24. The van der Waals surface area contributed by atoms with Gasteiger partial charge in [0.1, 0.15) is 5.82 Å². The molecule has 3 heteroatoms. The Bertz CT molecular complexity index is 445. The summed E-state index contributed by atoms with van der Waals surface area (Å²) in [5, 5.41) is 3.70. The molecule has 2 heterocycles. The van der Waals surface area contributed by atoms with Crippen molar-refractivity contribution in [2.24, 2.45) is 0 Å². The summed E-state index contributed by atoms with van der Waals surface area (Å²) in [4.78, 5) is 2.69. The lowest BCUT2D eigenvalue weighted by Crippen LogP contribution is -2.49. The van der Waals surface area contributed by atoms with E-state index in [-0.39, 0.29) is 5.82 Å². The van der Waals surface area contributed by atoms with E-state index >= 15 is 0 Å². The Morgan fingerprint density at radius 3 is 2.38 bits per heavy atom. The fraction of sp³-hybridized carbons (Fsp3) is 0.667. The number of hydrogen-bond acceptors (Lipinski definition) is 2. The smallest absolute Gasteiger partial charge is 0.123 e. The molecule has 0 amide bonds. The highest BCUT2D eigenvalue weighted by atomic mass is 19.1. The first-order chi connectivity index (χ1) is 10.2. The molecule has 3 unspecified atom stereocenters. The van der Waals surface area contributed by atoms with Crippen LogP contribution in [0, 0.1) is 5.82 Å². The fourth-order valence-electron chi connectivity index (χ4n) is 4.27. The summed E-state index contributed by atoms with van der Waals surface area (Å²) in [6.45, 7) is 5.64. The van der Waals surface area contributed by atoms with Gasteiger partial charge in [-0.15, -0.1) is 0 Å². The molecule has 3 rings (SSSR count). The van der Waals surface area contributed by atoms with Gasteiger partial charge in [0.05, 0.1) is 0 Å². The van der Waals surface area contributed by atoms with Crippen LogP contribution in [0.3, 0.4) is 0 Å². The van der Waals surface area contributed by atoms with Gasteiger partial charge in [-0.1, -0.05) is 19.1 Å². The van der Waals surface area contributed by atoms with Crippen molar-refractivity contribution in [1.82, 2.24) is 10.2 Å². The molecule has 2 fully saturated rings. The maximum absolute atomic E-state index is 13.1. The maximum atomic E-state index is 13.1. The van der Waals surface area contributed by atoms with Gasteiger partial charge in [0.2, 0.25) is 0 Å². The van der Waals surface area contributed by atoms with E-state index < -0.39 is 0 Å². The van der Waals surface area contributed by atoms with Crippen LogP contribution in [0.2, 0.25) is 0 Å². The average molecular weight is 290 g/mol. The third kappa shape index (κ3) is 3.14. The van der Waals surface area contributed by atoms with Gasteiger partial charge in [-0.3, -0.25) is 4.90 Å². The molecule has 0 aromatic heterocycles. The van der Waals surface area contributed by atoms with Crippen LogP contribution in [0.15, 0.2) is 24.3 Å². The first kappa shape index (κ1) is 15.0. The molecule has 0 saturated carbocycles. The average Bonchev–Trinajstić information content (AvgIpc) is 2.76. The summed E-state index contributed by atoms with van der Waals surface area (Å²) in [6, 6.07) is 9.54. The number of piperidine rings is 1. The van der Waals surface area contributed by atoms with E-state index in [1.807, 2.05) is 12.1 Å². The van der Waals surface area contributed by atoms with Crippen LogP contribution < -0.4 is 5.32 Å². The third-order valence-corrected chi connectivity index (χ3v) is 5.27. The molecule has 2 bridgehead atoms. The van der Waals surface area contributed by atoms with E-state index in [1.165, 1.54) is 37.7 Å². The van der Waals surface area contributed by atoms with Gasteiger partial charge < -0.3 is 5.32 Å². The normalized spacial score (nSPS) is 30.5. The van der Waals surface area contributed by atoms with Gasteiger partial charge in [0, 0.05) is 24.2 Å². The maximum Gasteiger partial charge on any atom is 0.123 e. The predicted molar refractivity (Wildman–Crippen MR) is 84.8 cm³/mol.